The molecule has 19 heavy (non-hydrogen) atoms. The quantitative estimate of drug-likeness (QED) is 0.852. The summed E-state index contributed by atoms with van der Waals surface area (Å²) in [5, 5.41) is 0.759. The van der Waals surface area contributed by atoms with E-state index in [0.29, 0.717) is 10.7 Å². The molecule has 4 heteroatoms. The maximum absolute atomic E-state index is 6.14. The minimum atomic E-state index is 0.318. The van der Waals surface area contributed by atoms with Crippen LogP contribution in [0.1, 0.15) is 16.7 Å². The van der Waals surface area contributed by atoms with Crippen molar-refractivity contribution in [1.82, 2.24) is 0 Å². The number of aryl methyl sites for hydroxylation is 2. The number of halogens is 1. The summed E-state index contributed by atoms with van der Waals surface area (Å²) in [6.07, 6.45) is 0. The first-order valence-corrected chi connectivity index (χ1v) is 6.61. The lowest BCUT2D eigenvalue weighted by Crippen LogP contribution is -2.10. The summed E-state index contributed by atoms with van der Waals surface area (Å²) in [6.45, 7) is 3.89. The van der Waals surface area contributed by atoms with Gasteiger partial charge in [0.05, 0.1) is 5.56 Å². The van der Waals surface area contributed by atoms with Gasteiger partial charge in [-0.15, -0.1) is 0 Å². The highest BCUT2D eigenvalue weighted by atomic mass is 35.5. The van der Waals surface area contributed by atoms with Gasteiger partial charge in [0.25, 0.3) is 0 Å². The highest BCUT2D eigenvalue weighted by Crippen LogP contribution is 2.30. The van der Waals surface area contributed by atoms with Crippen molar-refractivity contribution in [2.75, 3.05) is 0 Å². The Kier molecular flexibility index (Phi) is 4.08. The average molecular weight is 292 g/mol. The Labute approximate surface area is 123 Å². The maximum atomic E-state index is 6.14. The topological polar surface area (TPSA) is 35.2 Å². The zero-order valence-corrected chi connectivity index (χ0v) is 12.3. The van der Waals surface area contributed by atoms with Crippen LogP contribution in [0.2, 0.25) is 5.02 Å². The third-order valence-electron chi connectivity index (χ3n) is 2.79. The Morgan fingerprint density at radius 2 is 1.74 bits per heavy atom. The molecular weight excluding hydrogens is 278 g/mol. The normalized spacial score (nSPS) is 10.3. The van der Waals surface area contributed by atoms with Crippen LogP contribution >= 0.6 is 23.8 Å². The first-order valence-electron chi connectivity index (χ1n) is 5.82. The van der Waals surface area contributed by atoms with E-state index in [0.717, 1.165) is 27.5 Å². The van der Waals surface area contributed by atoms with Crippen molar-refractivity contribution in [2.24, 2.45) is 5.73 Å². The lowest BCUT2D eigenvalue weighted by molar-refractivity contribution is 0.481. The number of hydrogen-bond acceptors (Lipinski definition) is 2. The first-order chi connectivity index (χ1) is 8.99. The monoisotopic (exact) mass is 291 g/mol. The molecule has 2 nitrogen and oxygen atoms in total. The maximum Gasteiger partial charge on any atom is 0.137 e. The Bertz CT molecular complexity index is 617. The summed E-state index contributed by atoms with van der Waals surface area (Å²) in [5.74, 6) is 1.37. The van der Waals surface area contributed by atoms with Crippen LogP contribution < -0.4 is 10.5 Å². The molecule has 2 aromatic carbocycles. The molecular formula is C15H14ClNOS. The number of rotatable bonds is 3. The van der Waals surface area contributed by atoms with E-state index in [2.05, 4.69) is 0 Å². The molecule has 0 aliphatic carbocycles. The van der Waals surface area contributed by atoms with E-state index in [4.69, 9.17) is 34.3 Å². The molecule has 0 heterocycles. The van der Waals surface area contributed by atoms with Crippen molar-refractivity contribution >= 4 is 28.8 Å². The van der Waals surface area contributed by atoms with E-state index < -0.39 is 0 Å². The minimum Gasteiger partial charge on any atom is -0.457 e. The van der Waals surface area contributed by atoms with Gasteiger partial charge >= 0.3 is 0 Å². The van der Waals surface area contributed by atoms with E-state index in [1.165, 1.54) is 0 Å². The fourth-order valence-corrected chi connectivity index (χ4v) is 2.13. The lowest BCUT2D eigenvalue weighted by atomic mass is 10.1. The number of nitrogens with two attached hydrogens (primary N) is 1. The SMILES string of the molecule is Cc1cc(Oc2ccccc2C(N)=S)cc(C)c1Cl. The smallest absolute Gasteiger partial charge is 0.137 e. The van der Waals surface area contributed by atoms with E-state index in [1.807, 2.05) is 50.2 Å². The van der Waals surface area contributed by atoms with Gasteiger partial charge in [0.2, 0.25) is 0 Å². The summed E-state index contributed by atoms with van der Waals surface area (Å²) in [5.41, 5.74) is 8.36. The zero-order chi connectivity index (χ0) is 14.0. The second-order valence-corrected chi connectivity index (χ2v) is 5.15. The Morgan fingerprint density at radius 1 is 1.16 bits per heavy atom. The molecule has 98 valence electrons. The summed E-state index contributed by atoms with van der Waals surface area (Å²) in [7, 11) is 0. The molecule has 2 aromatic rings. The van der Waals surface area contributed by atoms with Crippen LogP contribution in [0, 0.1) is 13.8 Å². The lowest BCUT2D eigenvalue weighted by Gasteiger charge is -2.12. The van der Waals surface area contributed by atoms with Crippen LogP contribution in [0.15, 0.2) is 36.4 Å². The molecule has 0 bridgehead atoms. The number of benzene rings is 2. The predicted octanol–water partition coefficient (Wildman–Crippen LogP) is 4.38. The van der Waals surface area contributed by atoms with Crippen molar-refractivity contribution < 1.29 is 4.74 Å². The first kappa shape index (κ1) is 13.8. The molecule has 0 aromatic heterocycles. The van der Waals surface area contributed by atoms with E-state index in [1.54, 1.807) is 0 Å². The van der Waals surface area contributed by atoms with E-state index in [-0.39, 0.29) is 0 Å². The second-order valence-electron chi connectivity index (χ2n) is 4.33. The number of hydrogen-bond donors (Lipinski definition) is 1. The molecule has 0 fully saturated rings. The van der Waals surface area contributed by atoms with E-state index in [9.17, 15) is 0 Å². The van der Waals surface area contributed by atoms with Crippen LogP contribution in [0.5, 0.6) is 11.5 Å². The van der Waals surface area contributed by atoms with E-state index >= 15 is 0 Å². The van der Waals surface area contributed by atoms with Crippen molar-refractivity contribution in [3.8, 4) is 11.5 Å². The molecule has 0 amide bonds. The molecule has 0 atom stereocenters. The van der Waals surface area contributed by atoms with Crippen molar-refractivity contribution in [3.63, 3.8) is 0 Å². The molecule has 2 rings (SSSR count). The van der Waals surface area contributed by atoms with Crippen LogP contribution in [0.4, 0.5) is 0 Å². The molecule has 2 N–H and O–H groups in total. The summed E-state index contributed by atoms with van der Waals surface area (Å²) in [4.78, 5) is 0.318. The summed E-state index contributed by atoms with van der Waals surface area (Å²) < 4.78 is 5.86. The number of thiocarbonyl (C=S) groups is 1. The van der Waals surface area contributed by atoms with Crippen molar-refractivity contribution in [2.45, 2.75) is 13.8 Å². The van der Waals surface area contributed by atoms with Gasteiger partial charge in [-0.2, -0.15) is 0 Å². The Balaban J connectivity index is 2.39. The molecule has 0 spiro atoms. The van der Waals surface area contributed by atoms with Crippen LogP contribution in [0.25, 0.3) is 0 Å². The van der Waals surface area contributed by atoms with Crippen LogP contribution in [0.3, 0.4) is 0 Å². The van der Waals surface area contributed by atoms with Gasteiger partial charge in [-0.3, -0.25) is 0 Å². The van der Waals surface area contributed by atoms with Crippen LogP contribution in [-0.4, -0.2) is 4.99 Å². The fourth-order valence-electron chi connectivity index (χ4n) is 1.85. The zero-order valence-electron chi connectivity index (χ0n) is 10.7. The average Bonchev–Trinajstić information content (AvgIpc) is 2.36. The minimum absolute atomic E-state index is 0.318. The Morgan fingerprint density at radius 3 is 2.32 bits per heavy atom. The van der Waals surface area contributed by atoms with Gasteiger partial charge in [0.1, 0.15) is 16.5 Å². The van der Waals surface area contributed by atoms with Gasteiger partial charge in [0, 0.05) is 5.02 Å². The second kappa shape index (κ2) is 5.59. The van der Waals surface area contributed by atoms with Gasteiger partial charge in [-0.25, -0.2) is 0 Å². The summed E-state index contributed by atoms with van der Waals surface area (Å²) >= 11 is 11.2. The molecule has 0 aliphatic rings. The summed E-state index contributed by atoms with van der Waals surface area (Å²) in [6, 6.07) is 11.2. The van der Waals surface area contributed by atoms with Crippen molar-refractivity contribution in [3.05, 3.63) is 58.1 Å². The molecule has 0 unspecified atom stereocenters. The standard InChI is InChI=1S/C15H14ClNOS/c1-9-7-11(8-10(2)14(9)16)18-13-6-4-3-5-12(13)15(17)19/h3-8H,1-2H3,(H2,17,19). The van der Waals surface area contributed by atoms with Gasteiger partial charge in [0.15, 0.2) is 0 Å². The highest BCUT2D eigenvalue weighted by molar-refractivity contribution is 7.80. The number of para-hydroxylation sites is 1. The molecule has 0 aliphatic heterocycles. The van der Waals surface area contributed by atoms with Gasteiger partial charge in [-0.1, -0.05) is 36.0 Å². The van der Waals surface area contributed by atoms with Gasteiger partial charge in [-0.05, 0) is 49.2 Å². The van der Waals surface area contributed by atoms with Gasteiger partial charge < -0.3 is 10.5 Å². The molecule has 0 saturated heterocycles. The fraction of sp³-hybridized carbons (Fsp3) is 0.133. The third-order valence-corrected chi connectivity index (χ3v) is 3.61. The van der Waals surface area contributed by atoms with Crippen LogP contribution in [-0.2, 0) is 0 Å². The highest BCUT2D eigenvalue weighted by Gasteiger charge is 2.09. The predicted molar refractivity (Wildman–Crippen MR) is 83.3 cm³/mol. The molecule has 0 saturated carbocycles. The van der Waals surface area contributed by atoms with Crippen molar-refractivity contribution in [1.29, 1.82) is 0 Å². The third kappa shape index (κ3) is 3.06. The number of ether oxygens (including phenoxy) is 1. The Hall–Kier alpha value is -1.58. The largest absolute Gasteiger partial charge is 0.457 e. The molecule has 0 radical (unpaired) electrons.